The van der Waals surface area contributed by atoms with Crippen LogP contribution in [0.3, 0.4) is 0 Å². The van der Waals surface area contributed by atoms with Gasteiger partial charge in [-0.3, -0.25) is 4.79 Å². The van der Waals surface area contributed by atoms with E-state index in [-0.39, 0.29) is 29.1 Å². The molecule has 2 rings (SSSR count). The third-order valence-electron chi connectivity index (χ3n) is 4.25. The minimum Gasteiger partial charge on any atom is -0.508 e. The molecule has 0 aliphatic rings. The molecule has 0 fully saturated rings. The van der Waals surface area contributed by atoms with Crippen LogP contribution in [-0.4, -0.2) is 23.8 Å². The lowest BCUT2D eigenvalue weighted by Crippen LogP contribution is -2.25. The van der Waals surface area contributed by atoms with Gasteiger partial charge in [0.25, 0.3) is 5.91 Å². The number of amides is 1. The number of phenols is 1. The normalized spacial score (nSPS) is 12.2. The summed E-state index contributed by atoms with van der Waals surface area (Å²) in [6.45, 7) is 11.1. The van der Waals surface area contributed by atoms with E-state index < -0.39 is 0 Å². The molecule has 0 unspecified atom stereocenters. The predicted octanol–water partition coefficient (Wildman–Crippen LogP) is 4.64. The first-order valence-electron chi connectivity index (χ1n) is 9.39. The topological polar surface area (TPSA) is 70.9 Å². The van der Waals surface area contributed by atoms with Gasteiger partial charge in [0.1, 0.15) is 11.5 Å². The standard InChI is InChI=1S/C23H30N2O3/c1-22(2,3)16-23(4,5)18-9-11-20(12-10-18)28-15-21(27)25-24-14-17-7-6-8-19(26)13-17/h6-14,26H,15-16H2,1-5H3,(H,25,27)/b24-14+. The monoisotopic (exact) mass is 382 g/mol. The molecule has 0 aliphatic carbocycles. The third kappa shape index (κ3) is 7.06. The van der Waals surface area contributed by atoms with Crippen molar-refractivity contribution >= 4 is 12.1 Å². The molecule has 28 heavy (non-hydrogen) atoms. The Bertz CT molecular complexity index is 818. The van der Waals surface area contributed by atoms with Gasteiger partial charge >= 0.3 is 0 Å². The summed E-state index contributed by atoms with van der Waals surface area (Å²) in [5, 5.41) is 13.2. The number of nitrogens with zero attached hydrogens (tertiary/aromatic N) is 1. The second-order valence-corrected chi connectivity index (χ2v) is 8.82. The highest BCUT2D eigenvalue weighted by Gasteiger charge is 2.27. The molecule has 150 valence electrons. The average Bonchev–Trinajstić information content (AvgIpc) is 2.58. The molecule has 1 amide bonds. The first-order valence-corrected chi connectivity index (χ1v) is 9.39. The second-order valence-electron chi connectivity index (χ2n) is 8.82. The number of benzene rings is 2. The van der Waals surface area contributed by atoms with E-state index in [2.05, 4.69) is 57.3 Å². The van der Waals surface area contributed by atoms with E-state index >= 15 is 0 Å². The number of carbonyl (C=O) groups excluding carboxylic acids is 1. The molecule has 0 radical (unpaired) electrons. The van der Waals surface area contributed by atoms with Gasteiger partial charge in [0.15, 0.2) is 6.61 Å². The van der Waals surface area contributed by atoms with Crippen molar-refractivity contribution in [2.75, 3.05) is 6.61 Å². The van der Waals surface area contributed by atoms with Gasteiger partial charge in [0.05, 0.1) is 6.21 Å². The van der Waals surface area contributed by atoms with E-state index in [0.717, 1.165) is 6.42 Å². The summed E-state index contributed by atoms with van der Waals surface area (Å²) in [6.07, 6.45) is 2.53. The Hall–Kier alpha value is -2.82. The quantitative estimate of drug-likeness (QED) is 0.541. The number of nitrogens with one attached hydrogen (secondary N) is 1. The van der Waals surface area contributed by atoms with E-state index in [1.165, 1.54) is 11.8 Å². The first kappa shape index (κ1) is 21.5. The molecule has 0 saturated carbocycles. The Morgan fingerprint density at radius 3 is 2.39 bits per heavy atom. The van der Waals surface area contributed by atoms with Crippen molar-refractivity contribution in [1.82, 2.24) is 5.43 Å². The number of carbonyl (C=O) groups is 1. The summed E-state index contributed by atoms with van der Waals surface area (Å²) in [5.74, 6) is 0.434. The Balaban J connectivity index is 1.85. The molecule has 0 atom stereocenters. The largest absolute Gasteiger partial charge is 0.508 e. The maximum atomic E-state index is 11.9. The number of ether oxygens (including phenoxy) is 1. The summed E-state index contributed by atoms with van der Waals surface area (Å²) in [5.41, 5.74) is 4.65. The lowest BCUT2D eigenvalue weighted by molar-refractivity contribution is -0.123. The van der Waals surface area contributed by atoms with E-state index in [4.69, 9.17) is 4.74 Å². The summed E-state index contributed by atoms with van der Waals surface area (Å²) >= 11 is 0. The molecule has 0 heterocycles. The molecule has 2 aromatic rings. The fourth-order valence-electron chi connectivity index (χ4n) is 3.40. The van der Waals surface area contributed by atoms with E-state index in [1.54, 1.807) is 24.3 Å². The number of aromatic hydroxyl groups is 1. The van der Waals surface area contributed by atoms with Gasteiger partial charge in [-0.2, -0.15) is 5.10 Å². The average molecular weight is 383 g/mol. The molecule has 2 aromatic carbocycles. The van der Waals surface area contributed by atoms with Crippen LogP contribution >= 0.6 is 0 Å². The van der Waals surface area contributed by atoms with Crippen LogP contribution in [0.4, 0.5) is 0 Å². The van der Waals surface area contributed by atoms with Gasteiger partial charge in [0, 0.05) is 0 Å². The van der Waals surface area contributed by atoms with Gasteiger partial charge in [0.2, 0.25) is 0 Å². The molecule has 0 bridgehead atoms. The molecule has 5 nitrogen and oxygen atoms in total. The van der Waals surface area contributed by atoms with Crippen LogP contribution in [0.25, 0.3) is 0 Å². The summed E-state index contributed by atoms with van der Waals surface area (Å²) < 4.78 is 5.53. The lowest BCUT2D eigenvalue weighted by Gasteiger charge is -2.33. The maximum Gasteiger partial charge on any atom is 0.277 e. The van der Waals surface area contributed by atoms with Gasteiger partial charge in [-0.25, -0.2) is 5.43 Å². The van der Waals surface area contributed by atoms with Crippen LogP contribution < -0.4 is 10.2 Å². The maximum absolute atomic E-state index is 11.9. The Morgan fingerprint density at radius 2 is 1.79 bits per heavy atom. The fraction of sp³-hybridized carbons (Fsp3) is 0.391. The highest BCUT2D eigenvalue weighted by molar-refractivity contribution is 5.83. The SMILES string of the molecule is CC(C)(C)CC(C)(C)c1ccc(OCC(=O)N/N=C/c2cccc(O)c2)cc1. The zero-order valence-electron chi connectivity index (χ0n) is 17.3. The molecule has 5 heteroatoms. The highest BCUT2D eigenvalue weighted by atomic mass is 16.5. The predicted molar refractivity (Wildman–Crippen MR) is 113 cm³/mol. The van der Waals surface area contributed by atoms with Crippen molar-refractivity contribution < 1.29 is 14.6 Å². The van der Waals surface area contributed by atoms with Crippen molar-refractivity contribution in [1.29, 1.82) is 0 Å². The van der Waals surface area contributed by atoms with Crippen LogP contribution in [0.5, 0.6) is 11.5 Å². The van der Waals surface area contributed by atoms with E-state index in [1.807, 2.05) is 12.1 Å². The number of hydrogen-bond acceptors (Lipinski definition) is 4. The van der Waals surface area contributed by atoms with Gasteiger partial charge < -0.3 is 9.84 Å². The molecule has 0 saturated heterocycles. The molecule has 0 spiro atoms. The zero-order chi connectivity index (χ0) is 20.8. The lowest BCUT2D eigenvalue weighted by atomic mass is 9.72. The van der Waals surface area contributed by atoms with Gasteiger partial charge in [-0.15, -0.1) is 0 Å². The van der Waals surface area contributed by atoms with Gasteiger partial charge in [-0.05, 0) is 52.6 Å². The molecular formula is C23H30N2O3. The minimum atomic E-state index is -0.353. The number of rotatable bonds is 7. The zero-order valence-corrected chi connectivity index (χ0v) is 17.3. The Labute approximate surface area is 167 Å². The van der Waals surface area contributed by atoms with Crippen molar-refractivity contribution in [3.05, 3.63) is 59.7 Å². The van der Waals surface area contributed by atoms with E-state index in [9.17, 15) is 9.90 Å². The summed E-state index contributed by atoms with van der Waals surface area (Å²) in [4.78, 5) is 11.9. The van der Waals surface area contributed by atoms with Crippen LogP contribution in [0.1, 0.15) is 52.2 Å². The fourth-order valence-corrected chi connectivity index (χ4v) is 3.40. The highest BCUT2D eigenvalue weighted by Crippen LogP contribution is 2.36. The van der Waals surface area contributed by atoms with E-state index in [0.29, 0.717) is 11.3 Å². The number of phenolic OH excluding ortho intramolecular Hbond substituents is 1. The van der Waals surface area contributed by atoms with Crippen molar-refractivity contribution in [2.24, 2.45) is 10.5 Å². The third-order valence-corrected chi connectivity index (χ3v) is 4.25. The van der Waals surface area contributed by atoms with Crippen LogP contribution in [0, 0.1) is 5.41 Å². The minimum absolute atomic E-state index is 0.0642. The summed E-state index contributed by atoms with van der Waals surface area (Å²) in [6, 6.07) is 14.5. The molecular weight excluding hydrogens is 352 g/mol. The molecule has 2 N–H and O–H groups in total. The number of hydrogen-bond donors (Lipinski definition) is 2. The first-order chi connectivity index (χ1) is 13.0. The van der Waals surface area contributed by atoms with Crippen molar-refractivity contribution in [3.8, 4) is 11.5 Å². The Morgan fingerprint density at radius 1 is 1.11 bits per heavy atom. The van der Waals surface area contributed by atoms with Crippen molar-refractivity contribution in [2.45, 2.75) is 46.5 Å². The van der Waals surface area contributed by atoms with Crippen LogP contribution in [-0.2, 0) is 10.2 Å². The summed E-state index contributed by atoms with van der Waals surface area (Å²) in [7, 11) is 0. The second kappa shape index (κ2) is 8.91. The molecule has 0 aromatic heterocycles. The number of hydrazone groups is 1. The van der Waals surface area contributed by atoms with Crippen LogP contribution in [0.2, 0.25) is 0 Å². The van der Waals surface area contributed by atoms with Crippen molar-refractivity contribution in [3.63, 3.8) is 0 Å². The van der Waals surface area contributed by atoms with Gasteiger partial charge in [-0.1, -0.05) is 58.9 Å². The van der Waals surface area contributed by atoms with Crippen LogP contribution in [0.15, 0.2) is 53.6 Å². The Kier molecular flexibility index (Phi) is 6.84. The smallest absolute Gasteiger partial charge is 0.277 e. The molecule has 0 aliphatic heterocycles.